The quantitative estimate of drug-likeness (QED) is 0.473. The fraction of sp³-hybridized carbons (Fsp3) is 0.714. The van der Waals surface area contributed by atoms with Crippen LogP contribution in [0.15, 0.2) is 17.5 Å². The number of aromatic nitrogens is 2. The third kappa shape index (κ3) is 3.57. The average molecular weight is 307 g/mol. The summed E-state index contributed by atoms with van der Waals surface area (Å²) in [5, 5.41) is 4.21. The Bertz CT molecular complexity index is 519. The third-order valence-electron chi connectivity index (χ3n) is 4.68. The molecule has 0 spiro atoms. The summed E-state index contributed by atoms with van der Waals surface area (Å²) in [7, 11) is 0. The lowest BCUT2D eigenvalue weighted by atomic mass is 9.90. The Morgan fingerprint density at radius 1 is 1.33 bits per heavy atom. The van der Waals surface area contributed by atoms with E-state index in [9.17, 15) is 0 Å². The van der Waals surface area contributed by atoms with Crippen LogP contribution in [0.4, 0.5) is 5.95 Å². The molecule has 0 N–H and O–H groups in total. The van der Waals surface area contributed by atoms with Gasteiger partial charge in [-0.2, -0.15) is 0 Å². The van der Waals surface area contributed by atoms with Crippen molar-refractivity contribution in [1.82, 2.24) is 9.97 Å². The van der Waals surface area contributed by atoms with Crippen LogP contribution in [-0.2, 0) is 0 Å². The maximum Gasteiger partial charge on any atom is 0.225 e. The lowest BCUT2D eigenvalue weighted by Crippen LogP contribution is -2.35. The third-order valence-corrected chi connectivity index (χ3v) is 4.87. The number of hydrogen-bond acceptors (Lipinski definition) is 4. The van der Waals surface area contributed by atoms with E-state index >= 15 is 0 Å². The molecule has 2 aliphatic rings. The zero-order chi connectivity index (χ0) is 14.7. The molecule has 1 aromatic rings. The first-order chi connectivity index (χ1) is 10.3. The zero-order valence-electron chi connectivity index (χ0n) is 11.9. The highest BCUT2D eigenvalue weighted by molar-refractivity contribution is 6.30. The van der Waals surface area contributed by atoms with Gasteiger partial charge in [-0.25, -0.2) is 9.97 Å². The Kier molecular flexibility index (Phi) is 4.46. The number of halogens is 1. The fourth-order valence-corrected chi connectivity index (χ4v) is 3.54. The highest BCUT2D eigenvalue weighted by Gasteiger charge is 2.42. The maximum absolute atomic E-state index is 8.30. The smallest absolute Gasteiger partial charge is 0.225 e. The number of azide groups is 1. The Morgan fingerprint density at radius 3 is 2.71 bits per heavy atom. The molecule has 1 saturated heterocycles. The maximum atomic E-state index is 8.30. The molecule has 1 aromatic heterocycles. The van der Waals surface area contributed by atoms with Gasteiger partial charge in [0.15, 0.2) is 0 Å². The first-order valence-corrected chi connectivity index (χ1v) is 7.89. The second kappa shape index (κ2) is 6.50. The Labute approximate surface area is 129 Å². The summed E-state index contributed by atoms with van der Waals surface area (Å²) in [6.45, 7) is 2.69. The molecular weight excluding hydrogens is 288 g/mol. The van der Waals surface area contributed by atoms with Crippen molar-refractivity contribution in [2.75, 3.05) is 24.5 Å². The van der Waals surface area contributed by atoms with Gasteiger partial charge in [0.1, 0.15) is 0 Å². The van der Waals surface area contributed by atoms with Crippen LogP contribution in [0, 0.1) is 17.8 Å². The van der Waals surface area contributed by atoms with Crippen LogP contribution in [0.5, 0.6) is 0 Å². The van der Waals surface area contributed by atoms with E-state index in [1.807, 2.05) is 0 Å². The van der Waals surface area contributed by atoms with Gasteiger partial charge in [-0.05, 0) is 49.0 Å². The van der Waals surface area contributed by atoms with E-state index < -0.39 is 0 Å². The van der Waals surface area contributed by atoms with Gasteiger partial charge in [0, 0.05) is 24.5 Å². The first-order valence-electron chi connectivity index (χ1n) is 7.51. The van der Waals surface area contributed by atoms with Gasteiger partial charge in [0.25, 0.3) is 0 Å². The van der Waals surface area contributed by atoms with Crippen molar-refractivity contribution in [1.29, 1.82) is 0 Å². The van der Waals surface area contributed by atoms with Gasteiger partial charge in [0.2, 0.25) is 5.95 Å². The molecule has 2 heterocycles. The molecule has 2 atom stereocenters. The predicted molar refractivity (Wildman–Crippen MR) is 82.2 cm³/mol. The molecule has 0 bridgehead atoms. The molecule has 0 amide bonds. The lowest BCUT2D eigenvalue weighted by molar-refractivity contribution is 0.342. The fourth-order valence-electron chi connectivity index (χ4n) is 3.44. The molecule has 1 aliphatic heterocycles. The Hall–Kier alpha value is -1.52. The monoisotopic (exact) mass is 306 g/mol. The molecule has 7 heteroatoms. The molecule has 6 nitrogen and oxygen atoms in total. The molecular formula is C14H19ClN6. The van der Waals surface area contributed by atoms with Gasteiger partial charge in [0.05, 0.1) is 17.4 Å². The van der Waals surface area contributed by atoms with Gasteiger partial charge in [-0.1, -0.05) is 16.7 Å². The van der Waals surface area contributed by atoms with Crippen molar-refractivity contribution >= 4 is 17.5 Å². The average Bonchev–Trinajstić information content (AvgIpc) is 3.28. The second-order valence-corrected chi connectivity index (χ2v) is 6.36. The number of anilines is 1. The van der Waals surface area contributed by atoms with Crippen LogP contribution in [0.2, 0.25) is 5.02 Å². The summed E-state index contributed by atoms with van der Waals surface area (Å²) in [5.41, 5.74) is 8.30. The molecule has 3 rings (SSSR count). The van der Waals surface area contributed by atoms with Crippen LogP contribution in [0.1, 0.15) is 25.7 Å². The second-order valence-electron chi connectivity index (χ2n) is 5.93. The molecule has 1 aliphatic carbocycles. The Balaban J connectivity index is 1.45. The van der Waals surface area contributed by atoms with Gasteiger partial charge in [-0.3, -0.25) is 0 Å². The van der Waals surface area contributed by atoms with Gasteiger partial charge in [-0.15, -0.1) is 0 Å². The van der Waals surface area contributed by atoms with Crippen LogP contribution >= 0.6 is 11.6 Å². The van der Waals surface area contributed by atoms with Crippen LogP contribution in [-0.4, -0.2) is 29.6 Å². The topological polar surface area (TPSA) is 77.8 Å². The minimum Gasteiger partial charge on any atom is -0.341 e. The summed E-state index contributed by atoms with van der Waals surface area (Å²) in [5.74, 6) is 3.21. The van der Waals surface area contributed by atoms with E-state index in [2.05, 4.69) is 24.9 Å². The molecule has 2 fully saturated rings. The van der Waals surface area contributed by atoms with Crippen LogP contribution < -0.4 is 4.90 Å². The SMILES string of the molecule is [N-]=[N+]=NCC[C@@H]1C[C@@H]1C1CCN(c2ncc(Cl)cn2)CC1. The van der Waals surface area contributed by atoms with Crippen molar-refractivity contribution in [3.8, 4) is 0 Å². The molecule has 21 heavy (non-hydrogen) atoms. The number of hydrogen-bond donors (Lipinski definition) is 0. The molecule has 0 aromatic carbocycles. The predicted octanol–water partition coefficient (Wildman–Crippen LogP) is 3.68. The van der Waals surface area contributed by atoms with Crippen molar-refractivity contribution in [3.63, 3.8) is 0 Å². The van der Waals surface area contributed by atoms with Crippen LogP contribution in [0.25, 0.3) is 10.4 Å². The standard InChI is InChI=1S/C14H19ClN6/c15-12-8-17-14(18-9-12)21-5-2-10(3-6-21)13-7-11(13)1-4-19-20-16/h8-11,13H,1-7H2/t11-,13-/m1/s1. The molecule has 0 radical (unpaired) electrons. The van der Waals surface area contributed by atoms with E-state index in [1.165, 1.54) is 19.3 Å². The summed E-state index contributed by atoms with van der Waals surface area (Å²) < 4.78 is 0. The number of nitrogens with zero attached hydrogens (tertiary/aromatic N) is 6. The first kappa shape index (κ1) is 14.4. The summed E-state index contributed by atoms with van der Waals surface area (Å²) in [6.07, 6.45) is 8.08. The summed E-state index contributed by atoms with van der Waals surface area (Å²) >= 11 is 5.82. The minimum absolute atomic E-state index is 0.578. The van der Waals surface area contributed by atoms with E-state index in [0.717, 1.165) is 43.2 Å². The molecule has 112 valence electrons. The number of piperidine rings is 1. The van der Waals surface area contributed by atoms with Crippen molar-refractivity contribution in [2.45, 2.75) is 25.7 Å². The van der Waals surface area contributed by atoms with Crippen molar-refractivity contribution in [2.24, 2.45) is 22.9 Å². The minimum atomic E-state index is 0.578. The normalized spacial score (nSPS) is 25.5. The van der Waals surface area contributed by atoms with Crippen LogP contribution in [0.3, 0.4) is 0 Å². The van der Waals surface area contributed by atoms with Crippen molar-refractivity contribution < 1.29 is 0 Å². The van der Waals surface area contributed by atoms with Gasteiger partial charge < -0.3 is 4.90 Å². The number of rotatable bonds is 5. The van der Waals surface area contributed by atoms with E-state index in [4.69, 9.17) is 17.1 Å². The van der Waals surface area contributed by atoms with E-state index in [-0.39, 0.29) is 0 Å². The lowest BCUT2D eigenvalue weighted by Gasteiger charge is -2.32. The van der Waals surface area contributed by atoms with E-state index in [0.29, 0.717) is 11.6 Å². The highest BCUT2D eigenvalue weighted by Crippen LogP contribution is 2.49. The van der Waals surface area contributed by atoms with Gasteiger partial charge >= 0.3 is 0 Å². The Morgan fingerprint density at radius 2 is 2.05 bits per heavy atom. The zero-order valence-corrected chi connectivity index (χ0v) is 12.7. The summed E-state index contributed by atoms with van der Waals surface area (Å²) in [4.78, 5) is 13.6. The largest absolute Gasteiger partial charge is 0.341 e. The molecule has 0 unspecified atom stereocenters. The van der Waals surface area contributed by atoms with Crippen molar-refractivity contribution in [3.05, 3.63) is 27.9 Å². The molecule has 1 saturated carbocycles. The summed E-state index contributed by atoms with van der Waals surface area (Å²) in [6, 6.07) is 0. The highest BCUT2D eigenvalue weighted by atomic mass is 35.5. The van der Waals surface area contributed by atoms with E-state index in [1.54, 1.807) is 12.4 Å².